The van der Waals surface area contributed by atoms with Gasteiger partial charge in [0, 0.05) is 4.70 Å². The first kappa shape index (κ1) is 17.8. The number of thiophene rings is 1. The molecule has 0 radical (unpaired) electrons. The quantitative estimate of drug-likeness (QED) is 0.686. The summed E-state index contributed by atoms with van der Waals surface area (Å²) in [7, 11) is 0. The molecule has 3 aromatic rings. The molecule has 2 aromatic carbocycles. The maximum atomic E-state index is 13.5. The first-order chi connectivity index (χ1) is 12.4. The standard InChI is InChI=1S/C18H14F2N2O3S/c1-10(25-14-5-3-2-4-13(14)20)17(23)21-22-18(24)16-9-11-8-12(19)6-7-15(11)26-16/h2-10H,1H3,(H,21,23)(H,22,24)/t10-/m0/s1. The van der Waals surface area contributed by atoms with Crippen LogP contribution in [0.2, 0.25) is 0 Å². The van der Waals surface area contributed by atoms with E-state index in [4.69, 9.17) is 4.74 Å². The van der Waals surface area contributed by atoms with Gasteiger partial charge in [0.25, 0.3) is 11.8 Å². The molecule has 0 saturated heterocycles. The molecule has 0 bridgehead atoms. The highest BCUT2D eigenvalue weighted by atomic mass is 32.1. The maximum Gasteiger partial charge on any atom is 0.279 e. The largest absolute Gasteiger partial charge is 0.478 e. The Bertz CT molecular complexity index is 974. The third kappa shape index (κ3) is 3.97. The summed E-state index contributed by atoms with van der Waals surface area (Å²) >= 11 is 1.17. The number of hydrazine groups is 1. The molecule has 0 fully saturated rings. The van der Waals surface area contributed by atoms with Crippen LogP contribution >= 0.6 is 11.3 Å². The number of carbonyl (C=O) groups excluding carboxylic acids is 2. The van der Waals surface area contributed by atoms with Crippen molar-refractivity contribution in [3.63, 3.8) is 0 Å². The van der Waals surface area contributed by atoms with Crippen LogP contribution in [-0.2, 0) is 4.79 Å². The highest BCUT2D eigenvalue weighted by molar-refractivity contribution is 7.20. The zero-order chi connectivity index (χ0) is 18.7. The third-order valence-corrected chi connectivity index (χ3v) is 4.63. The number of ether oxygens (including phenoxy) is 1. The molecular weight excluding hydrogens is 362 g/mol. The Morgan fingerprint density at radius 3 is 2.62 bits per heavy atom. The fraction of sp³-hybridized carbons (Fsp3) is 0.111. The van der Waals surface area contributed by atoms with Crippen LogP contribution in [0.15, 0.2) is 48.5 Å². The zero-order valence-corrected chi connectivity index (χ0v) is 14.4. The van der Waals surface area contributed by atoms with E-state index in [0.717, 1.165) is 4.70 Å². The molecule has 2 amide bonds. The number of amides is 2. The summed E-state index contributed by atoms with van der Waals surface area (Å²) in [6.45, 7) is 1.43. The van der Waals surface area contributed by atoms with Gasteiger partial charge in [0.05, 0.1) is 4.88 Å². The van der Waals surface area contributed by atoms with E-state index in [1.54, 1.807) is 12.1 Å². The number of nitrogens with one attached hydrogen (secondary N) is 2. The Morgan fingerprint density at radius 2 is 1.85 bits per heavy atom. The fourth-order valence-electron chi connectivity index (χ4n) is 2.19. The fourth-order valence-corrected chi connectivity index (χ4v) is 3.13. The molecule has 0 unspecified atom stereocenters. The van der Waals surface area contributed by atoms with Crippen molar-refractivity contribution in [2.45, 2.75) is 13.0 Å². The zero-order valence-electron chi connectivity index (χ0n) is 13.6. The number of benzene rings is 2. The molecule has 0 saturated carbocycles. The van der Waals surface area contributed by atoms with Crippen molar-refractivity contribution < 1.29 is 23.1 Å². The van der Waals surface area contributed by atoms with Crippen molar-refractivity contribution >= 4 is 33.2 Å². The summed E-state index contributed by atoms with van der Waals surface area (Å²) < 4.78 is 32.7. The van der Waals surface area contributed by atoms with Crippen LogP contribution in [0.5, 0.6) is 5.75 Å². The van der Waals surface area contributed by atoms with Gasteiger partial charge in [-0.3, -0.25) is 20.4 Å². The van der Waals surface area contributed by atoms with Crippen molar-refractivity contribution in [1.29, 1.82) is 0 Å². The van der Waals surface area contributed by atoms with E-state index in [1.165, 1.54) is 54.7 Å². The summed E-state index contributed by atoms with van der Waals surface area (Å²) in [5, 5.41) is 0.600. The minimum Gasteiger partial charge on any atom is -0.478 e. The Kier molecular flexibility index (Phi) is 5.13. The number of halogens is 2. The molecule has 1 heterocycles. The van der Waals surface area contributed by atoms with Gasteiger partial charge in [-0.1, -0.05) is 12.1 Å². The molecule has 0 aliphatic heterocycles. The molecule has 0 aliphatic rings. The predicted octanol–water partition coefficient (Wildman–Crippen LogP) is 3.41. The average Bonchev–Trinajstić information content (AvgIpc) is 3.04. The first-order valence-corrected chi connectivity index (χ1v) is 8.46. The molecule has 8 heteroatoms. The van der Waals surface area contributed by atoms with Crippen LogP contribution in [0, 0.1) is 11.6 Å². The first-order valence-electron chi connectivity index (χ1n) is 7.64. The van der Waals surface area contributed by atoms with E-state index < -0.39 is 29.6 Å². The van der Waals surface area contributed by atoms with E-state index in [9.17, 15) is 18.4 Å². The third-order valence-electron chi connectivity index (χ3n) is 3.51. The van der Waals surface area contributed by atoms with Gasteiger partial charge in [-0.15, -0.1) is 11.3 Å². The Balaban J connectivity index is 1.59. The maximum absolute atomic E-state index is 13.5. The van der Waals surface area contributed by atoms with Gasteiger partial charge in [-0.2, -0.15) is 0 Å². The molecule has 0 spiro atoms. The second-order valence-electron chi connectivity index (χ2n) is 5.43. The predicted molar refractivity (Wildman–Crippen MR) is 93.9 cm³/mol. The van der Waals surface area contributed by atoms with E-state index in [0.29, 0.717) is 10.3 Å². The van der Waals surface area contributed by atoms with Crippen molar-refractivity contribution in [2.24, 2.45) is 0 Å². The summed E-state index contributed by atoms with van der Waals surface area (Å²) in [5.41, 5.74) is 4.48. The summed E-state index contributed by atoms with van der Waals surface area (Å²) in [4.78, 5) is 24.4. The van der Waals surface area contributed by atoms with Crippen LogP contribution < -0.4 is 15.6 Å². The molecule has 2 N–H and O–H groups in total. The van der Waals surface area contributed by atoms with Crippen molar-refractivity contribution in [2.75, 3.05) is 0 Å². The van der Waals surface area contributed by atoms with Crippen molar-refractivity contribution in [3.05, 3.63) is 65.0 Å². The number of rotatable bonds is 4. The van der Waals surface area contributed by atoms with Crippen LogP contribution in [0.1, 0.15) is 16.6 Å². The molecule has 1 atom stereocenters. The van der Waals surface area contributed by atoms with Crippen LogP contribution in [0.3, 0.4) is 0 Å². The Labute approximate surface area is 151 Å². The van der Waals surface area contributed by atoms with Gasteiger partial charge in [-0.25, -0.2) is 8.78 Å². The number of carbonyl (C=O) groups is 2. The molecule has 26 heavy (non-hydrogen) atoms. The Hall–Kier alpha value is -3.00. The number of para-hydroxylation sites is 1. The topological polar surface area (TPSA) is 67.4 Å². The lowest BCUT2D eigenvalue weighted by molar-refractivity contribution is -0.128. The van der Waals surface area contributed by atoms with E-state index >= 15 is 0 Å². The second kappa shape index (κ2) is 7.49. The number of hydrogen-bond donors (Lipinski definition) is 2. The van der Waals surface area contributed by atoms with Gasteiger partial charge < -0.3 is 4.74 Å². The molecule has 3 rings (SSSR count). The summed E-state index contributed by atoms with van der Waals surface area (Å²) in [6, 6.07) is 11.4. The minimum absolute atomic E-state index is 0.0620. The number of fused-ring (bicyclic) bond motifs is 1. The van der Waals surface area contributed by atoms with E-state index in [1.807, 2.05) is 0 Å². The SMILES string of the molecule is C[C@H](Oc1ccccc1F)C(=O)NNC(=O)c1cc2cc(F)ccc2s1. The molecule has 5 nitrogen and oxygen atoms in total. The smallest absolute Gasteiger partial charge is 0.279 e. The molecule has 134 valence electrons. The van der Waals surface area contributed by atoms with Crippen LogP contribution in [-0.4, -0.2) is 17.9 Å². The lowest BCUT2D eigenvalue weighted by Crippen LogP contribution is -2.47. The summed E-state index contributed by atoms with van der Waals surface area (Å²) in [6.07, 6.45) is -1.02. The molecular formula is C18H14F2N2O3S. The lowest BCUT2D eigenvalue weighted by atomic mass is 10.2. The lowest BCUT2D eigenvalue weighted by Gasteiger charge is -2.15. The van der Waals surface area contributed by atoms with Gasteiger partial charge >= 0.3 is 0 Å². The molecule has 1 aromatic heterocycles. The monoisotopic (exact) mass is 376 g/mol. The second-order valence-corrected chi connectivity index (χ2v) is 6.51. The van der Waals surface area contributed by atoms with Gasteiger partial charge in [0.2, 0.25) is 0 Å². The van der Waals surface area contributed by atoms with E-state index in [-0.39, 0.29) is 5.75 Å². The highest BCUT2D eigenvalue weighted by Crippen LogP contribution is 2.26. The van der Waals surface area contributed by atoms with E-state index in [2.05, 4.69) is 10.9 Å². The summed E-state index contributed by atoms with van der Waals surface area (Å²) in [5.74, 6) is -2.23. The molecule has 0 aliphatic carbocycles. The van der Waals surface area contributed by atoms with Crippen molar-refractivity contribution in [3.8, 4) is 5.75 Å². The normalized spacial score (nSPS) is 11.8. The minimum atomic E-state index is -1.02. The average molecular weight is 376 g/mol. The van der Waals surface area contributed by atoms with Gasteiger partial charge in [0.1, 0.15) is 5.82 Å². The van der Waals surface area contributed by atoms with Crippen molar-refractivity contribution in [1.82, 2.24) is 10.9 Å². The number of hydrogen-bond acceptors (Lipinski definition) is 4. The van der Waals surface area contributed by atoms with Gasteiger partial charge in [-0.05, 0) is 48.7 Å². The van der Waals surface area contributed by atoms with Crippen LogP contribution in [0.25, 0.3) is 10.1 Å². The van der Waals surface area contributed by atoms with Gasteiger partial charge in [0.15, 0.2) is 17.7 Å². The van der Waals surface area contributed by atoms with Crippen LogP contribution in [0.4, 0.5) is 8.78 Å². The highest BCUT2D eigenvalue weighted by Gasteiger charge is 2.18. The Morgan fingerprint density at radius 1 is 1.08 bits per heavy atom.